The monoisotopic (exact) mass is 1010 g/mol. The molecule has 2 heterocycles. The van der Waals surface area contributed by atoms with Crippen LogP contribution in [0.3, 0.4) is 0 Å². The highest BCUT2D eigenvalue weighted by Crippen LogP contribution is 2.45. The lowest BCUT2D eigenvalue weighted by atomic mass is 9.86. The Morgan fingerprint density at radius 2 is 1.70 bits per heavy atom. The van der Waals surface area contributed by atoms with Crippen LogP contribution >= 0.6 is 0 Å². The molecule has 0 spiro atoms. The fraction of sp³-hybridized carbons (Fsp3) is 0.413. The predicted octanol–water partition coefficient (Wildman–Crippen LogP) is -0.00918. The third-order valence-electron chi connectivity index (χ3n) is 11.3. The largest absolute Gasteiger partial charge is 0.504 e. The topological polar surface area (TPSA) is 380 Å². The van der Waals surface area contributed by atoms with Crippen molar-refractivity contribution in [2.45, 2.75) is 83.1 Å². The number of benzene rings is 3. The van der Waals surface area contributed by atoms with Crippen LogP contribution in [-0.4, -0.2) is 132 Å². The second-order valence-corrected chi connectivity index (χ2v) is 19.3. The summed E-state index contributed by atoms with van der Waals surface area (Å²) >= 11 is 0. The van der Waals surface area contributed by atoms with Crippen LogP contribution in [0.4, 0.5) is 10.2 Å². The van der Waals surface area contributed by atoms with Crippen molar-refractivity contribution in [3.8, 4) is 39.8 Å². The molecule has 0 saturated heterocycles. The lowest BCUT2D eigenvalue weighted by Gasteiger charge is -2.33. The molecule has 4 amide bonds. The Balaban J connectivity index is 1.66. The first-order chi connectivity index (χ1) is 33.2. The lowest BCUT2D eigenvalue weighted by molar-refractivity contribution is -0.143. The molecule has 3 aromatic carbocycles. The first kappa shape index (κ1) is 54.9. The smallest absolute Gasteiger partial charge is 0.326 e. The third kappa shape index (κ3) is 13.6. The Labute approximate surface area is 409 Å². The number of nitrogens with two attached hydrogens (primary N) is 4. The molecule has 23 nitrogen and oxygen atoms in total. The van der Waals surface area contributed by atoms with Gasteiger partial charge in [0.1, 0.15) is 59.8 Å². The van der Waals surface area contributed by atoms with Crippen LogP contribution in [0.15, 0.2) is 48.5 Å². The number of hydrogen-bond donors (Lipinski definition) is 11. The molecule has 4 bridgehead atoms. The number of carboxylic acid groups (broad SMARTS) is 1. The van der Waals surface area contributed by atoms with Gasteiger partial charge in [-0.2, -0.15) is 13.1 Å². The molecular weight excluding hydrogens is 950 g/mol. The Kier molecular flexibility index (Phi) is 17.6. The van der Waals surface area contributed by atoms with Crippen molar-refractivity contribution in [3.63, 3.8) is 0 Å². The molecule has 0 radical (unpaired) electrons. The Morgan fingerprint density at radius 3 is 2.31 bits per heavy atom. The minimum Gasteiger partial charge on any atom is -0.504 e. The second kappa shape index (κ2) is 22.8. The van der Waals surface area contributed by atoms with E-state index in [0.717, 1.165) is 11.9 Å². The molecule has 71 heavy (non-hydrogen) atoms. The number of aromatic hydroxyl groups is 1. The molecule has 4 aromatic rings. The van der Waals surface area contributed by atoms with E-state index in [2.05, 4.69) is 25.9 Å². The second-order valence-electron chi connectivity index (χ2n) is 17.9. The number of rotatable bonds is 17. The van der Waals surface area contributed by atoms with Crippen LogP contribution in [0.25, 0.3) is 22.5 Å². The number of fused-ring (bicyclic) bond motifs is 5. The Hall–Kier alpha value is -7.03. The predicted molar refractivity (Wildman–Crippen MR) is 257 cm³/mol. The summed E-state index contributed by atoms with van der Waals surface area (Å²) in [5.74, 6) is -7.36. The number of carbonyl (C=O) groups is 5. The number of aryl methyl sites for hydroxylation is 1. The van der Waals surface area contributed by atoms with Gasteiger partial charge in [0.15, 0.2) is 17.3 Å². The zero-order valence-corrected chi connectivity index (χ0v) is 40.7. The molecule has 0 unspecified atom stereocenters. The van der Waals surface area contributed by atoms with Crippen molar-refractivity contribution in [3.05, 3.63) is 82.3 Å². The van der Waals surface area contributed by atoms with E-state index in [-0.39, 0.29) is 77.0 Å². The fourth-order valence-electron chi connectivity index (χ4n) is 7.57. The summed E-state index contributed by atoms with van der Waals surface area (Å²) in [6.45, 7) is 6.88. The number of amides is 4. The van der Waals surface area contributed by atoms with Crippen LogP contribution in [-0.2, 0) is 41.2 Å². The summed E-state index contributed by atoms with van der Waals surface area (Å²) < 4.78 is 53.6. The number of ether oxygens (including phenoxy) is 2. The van der Waals surface area contributed by atoms with Crippen molar-refractivity contribution in [2.75, 3.05) is 45.6 Å². The molecule has 5 rings (SSSR count). The van der Waals surface area contributed by atoms with Crippen LogP contribution in [0.2, 0.25) is 0 Å². The normalized spacial score (nSPS) is 17.2. The molecule has 1 aliphatic rings. The number of halogens is 1. The zero-order chi connectivity index (χ0) is 52.7. The number of nitrogen functional groups attached to an aromatic ring is 1. The van der Waals surface area contributed by atoms with Crippen molar-refractivity contribution in [1.82, 2.24) is 35.5 Å². The van der Waals surface area contributed by atoms with E-state index in [1.807, 2.05) is 25.5 Å². The molecule has 25 heteroatoms. The van der Waals surface area contributed by atoms with Gasteiger partial charge in [-0.1, -0.05) is 39.0 Å². The number of carboxylic acids is 1. The summed E-state index contributed by atoms with van der Waals surface area (Å²) in [4.78, 5) is 79.1. The number of phenolic OH excluding ortho intramolecular Hbond substituents is 1. The third-order valence-corrected chi connectivity index (χ3v) is 11.9. The Bertz CT molecular complexity index is 2770. The standard InChI is InChI=1S/C46H60FN11O12S/c1-22-36(39(50)57-40(53-22)25-9-10-30(31(47)17-25)46(3,4)5)42(62)56-33(20-52-71(51,67)68)44(64)58(6)37-26-16-29(38(60)35(18-26)70-21-27(59)19-49)28-14-24(8-11-34(28)69-13-7-12-48)15-32(45(65)66)55-41(61)23(2)54-43(37)63/h8-11,14,16-18,23,27,32-33,37,52,59-60H,7,12-13,15,19-21,48-49H2,1-6H3,(H,54,63)(H,55,61)(H,56,62)(H,65,66)(H2,50,53,57)(H2,51,67,68)/t23-,27+,32-,33-,37-/m0/s1. The summed E-state index contributed by atoms with van der Waals surface area (Å²) in [6.07, 6.45) is -1.11. The van der Waals surface area contributed by atoms with Crippen LogP contribution in [0.1, 0.15) is 72.9 Å². The molecular formula is C46H60FN11O12S. The molecule has 1 aromatic heterocycles. The van der Waals surface area contributed by atoms with Gasteiger partial charge in [-0.15, -0.1) is 0 Å². The van der Waals surface area contributed by atoms with E-state index in [1.54, 1.807) is 18.2 Å². The van der Waals surface area contributed by atoms with Crippen LogP contribution in [0, 0.1) is 12.7 Å². The number of nitrogens with zero attached hydrogens (tertiary/aromatic N) is 3. The average Bonchev–Trinajstić information content (AvgIpc) is 3.28. The number of aliphatic hydroxyl groups is 1. The highest BCUT2D eigenvalue weighted by Gasteiger charge is 2.38. The van der Waals surface area contributed by atoms with Gasteiger partial charge in [-0.25, -0.2) is 24.3 Å². The maximum atomic E-state index is 15.2. The van der Waals surface area contributed by atoms with Crippen molar-refractivity contribution in [2.24, 2.45) is 16.6 Å². The molecule has 5 atom stereocenters. The first-order valence-corrected chi connectivity index (χ1v) is 23.8. The van der Waals surface area contributed by atoms with Gasteiger partial charge in [-0.05, 0) is 79.3 Å². The van der Waals surface area contributed by atoms with Gasteiger partial charge in [0.2, 0.25) is 17.7 Å². The number of aliphatic hydroxyl groups excluding tert-OH is 1. The number of likely N-dealkylation sites (N-methyl/N-ethyl adjacent to an activating group) is 1. The van der Waals surface area contributed by atoms with Gasteiger partial charge in [0.05, 0.1) is 12.3 Å². The van der Waals surface area contributed by atoms with Crippen LogP contribution in [0.5, 0.6) is 17.2 Å². The van der Waals surface area contributed by atoms with Gasteiger partial charge < -0.3 is 62.8 Å². The molecule has 1 aliphatic heterocycles. The number of aromatic nitrogens is 2. The lowest BCUT2D eigenvalue weighted by Crippen LogP contribution is -2.57. The highest BCUT2D eigenvalue weighted by molar-refractivity contribution is 7.87. The van der Waals surface area contributed by atoms with E-state index < -0.39 is 106 Å². The van der Waals surface area contributed by atoms with Gasteiger partial charge in [-0.3, -0.25) is 19.2 Å². The van der Waals surface area contributed by atoms with E-state index in [4.69, 9.17) is 31.8 Å². The quantitative estimate of drug-likeness (QED) is 0.0620. The number of carbonyl (C=O) groups excluding carboxylic acids is 4. The SMILES string of the molecule is Cc1nc(-c2ccc(C(C)(C)C)c(F)c2)nc(N)c1C(=O)N[C@@H](CNS(N)(=O)=O)C(=O)N(C)[C@@H]1C(=O)N[C@@H](C)C(=O)N[C@H](C(=O)O)Cc2ccc(OCCCN)c(c2)-c2cc1cc(OC[C@H](O)CN)c2O. The summed E-state index contributed by atoms with van der Waals surface area (Å²) in [5, 5.41) is 45.0. The van der Waals surface area contributed by atoms with E-state index in [1.165, 1.54) is 44.2 Å². The molecule has 0 fully saturated rings. The molecule has 15 N–H and O–H groups in total. The number of aliphatic carboxylic acids is 1. The first-order valence-electron chi connectivity index (χ1n) is 22.2. The van der Waals surface area contributed by atoms with E-state index >= 15 is 4.39 Å². The maximum absolute atomic E-state index is 15.2. The minimum absolute atomic E-state index is 0.0218. The summed E-state index contributed by atoms with van der Waals surface area (Å²) in [6, 6.07) is 4.68. The summed E-state index contributed by atoms with van der Waals surface area (Å²) in [5.41, 5.74) is 17.7. The van der Waals surface area contributed by atoms with Gasteiger partial charge in [0.25, 0.3) is 16.1 Å². The maximum Gasteiger partial charge on any atom is 0.326 e. The number of hydrogen-bond acceptors (Lipinski definition) is 16. The van der Waals surface area contributed by atoms with Crippen molar-refractivity contribution < 1.29 is 61.6 Å². The highest BCUT2D eigenvalue weighted by atomic mass is 32.2. The number of nitrogens with one attached hydrogen (secondary N) is 4. The van der Waals surface area contributed by atoms with E-state index in [0.29, 0.717) is 17.5 Å². The minimum atomic E-state index is -4.56. The molecule has 0 aliphatic carbocycles. The Morgan fingerprint density at radius 1 is 1.00 bits per heavy atom. The molecule has 384 valence electrons. The van der Waals surface area contributed by atoms with E-state index in [9.17, 15) is 47.7 Å². The summed E-state index contributed by atoms with van der Waals surface area (Å²) in [7, 11) is -3.44. The van der Waals surface area contributed by atoms with Crippen molar-refractivity contribution in [1.29, 1.82) is 0 Å². The number of anilines is 1. The number of phenols is 1. The van der Waals surface area contributed by atoms with Crippen molar-refractivity contribution >= 4 is 45.6 Å². The van der Waals surface area contributed by atoms with Crippen LogP contribution < -0.4 is 52.5 Å². The molecule has 0 saturated carbocycles. The average molecular weight is 1010 g/mol. The fourth-order valence-corrected chi connectivity index (χ4v) is 7.97. The van der Waals surface area contributed by atoms with Gasteiger partial charge >= 0.3 is 5.97 Å². The zero-order valence-electron chi connectivity index (χ0n) is 39.9. The van der Waals surface area contributed by atoms with Gasteiger partial charge in [0, 0.05) is 43.2 Å².